The first-order chi connectivity index (χ1) is 10.9. The van der Waals surface area contributed by atoms with Crippen LogP contribution in [0.1, 0.15) is 29.7 Å². The maximum absolute atomic E-state index is 12.4. The fourth-order valence-corrected chi connectivity index (χ4v) is 2.83. The van der Waals surface area contributed by atoms with Gasteiger partial charge < -0.3 is 19.8 Å². The van der Waals surface area contributed by atoms with Gasteiger partial charge in [-0.2, -0.15) is 0 Å². The Kier molecular flexibility index (Phi) is 4.46. The van der Waals surface area contributed by atoms with Crippen molar-refractivity contribution in [1.29, 1.82) is 0 Å². The smallest absolute Gasteiger partial charge is 0.289 e. The number of nitrogens with zero attached hydrogens (tertiary/aromatic N) is 1. The quantitative estimate of drug-likeness (QED) is 0.886. The van der Waals surface area contributed by atoms with Crippen LogP contribution in [0.5, 0.6) is 5.75 Å². The van der Waals surface area contributed by atoms with Crippen LogP contribution in [-0.2, 0) is 6.61 Å². The summed E-state index contributed by atoms with van der Waals surface area (Å²) < 4.78 is 12.2. The molecule has 1 aromatic carbocycles. The topological polar surface area (TPSA) is 68.7 Å². The fourth-order valence-electron chi connectivity index (χ4n) is 2.57. The Morgan fingerprint density at radius 2 is 2.09 bits per heavy atom. The van der Waals surface area contributed by atoms with Crippen LogP contribution in [0.3, 0.4) is 0 Å². The number of carbonyl (C=O) groups is 1. The third kappa shape index (κ3) is 3.95. The van der Waals surface area contributed by atoms with Gasteiger partial charge >= 0.3 is 0 Å². The molecule has 1 atom stereocenters. The zero-order valence-electron chi connectivity index (χ0n) is 12.9. The second-order valence-corrected chi connectivity index (χ2v) is 7.05. The maximum atomic E-state index is 12.4. The molecular weight excluding hydrogens is 360 g/mol. The molecule has 6 heteroatoms. The van der Waals surface area contributed by atoms with Crippen LogP contribution in [0.4, 0.5) is 0 Å². The molecule has 0 saturated carbocycles. The van der Waals surface area contributed by atoms with Crippen molar-refractivity contribution in [3.63, 3.8) is 0 Å². The Balaban J connectivity index is 1.59. The fraction of sp³-hybridized carbons (Fsp3) is 0.353. The van der Waals surface area contributed by atoms with Crippen LogP contribution in [0.25, 0.3) is 0 Å². The standard InChI is InChI=1S/C17H19BrN2O3/c1-17(19)8-9-20(11-17)16(21)15-7-6-14(23-15)10-22-13-4-2-12(18)3-5-13/h2-7H,8-11,19H2,1H3/t17-/m1/s1. The van der Waals surface area contributed by atoms with E-state index in [0.29, 0.717) is 24.6 Å². The highest BCUT2D eigenvalue weighted by Gasteiger charge is 2.33. The molecule has 0 radical (unpaired) electrons. The molecule has 0 aliphatic carbocycles. The van der Waals surface area contributed by atoms with Gasteiger partial charge in [0.2, 0.25) is 0 Å². The number of rotatable bonds is 4. The Hall–Kier alpha value is -1.79. The number of hydrogen-bond donors (Lipinski definition) is 1. The highest BCUT2D eigenvalue weighted by Crippen LogP contribution is 2.22. The molecule has 0 spiro atoms. The molecule has 1 aliphatic heterocycles. The number of halogens is 1. The van der Waals surface area contributed by atoms with Gasteiger partial charge in [0.15, 0.2) is 5.76 Å². The number of nitrogens with two attached hydrogens (primary N) is 1. The second kappa shape index (κ2) is 6.37. The normalized spacial score (nSPS) is 20.7. The summed E-state index contributed by atoms with van der Waals surface area (Å²) >= 11 is 3.38. The van der Waals surface area contributed by atoms with Crippen molar-refractivity contribution in [3.8, 4) is 5.75 Å². The minimum absolute atomic E-state index is 0.117. The van der Waals surface area contributed by atoms with Crippen molar-refractivity contribution in [2.75, 3.05) is 13.1 Å². The number of carbonyl (C=O) groups excluding carboxylic acids is 1. The zero-order chi connectivity index (χ0) is 16.4. The monoisotopic (exact) mass is 378 g/mol. The first kappa shape index (κ1) is 16.1. The summed E-state index contributed by atoms with van der Waals surface area (Å²) in [7, 11) is 0. The van der Waals surface area contributed by atoms with E-state index in [0.717, 1.165) is 16.6 Å². The van der Waals surface area contributed by atoms with Crippen molar-refractivity contribution < 1.29 is 13.9 Å². The van der Waals surface area contributed by atoms with E-state index in [1.807, 2.05) is 31.2 Å². The summed E-state index contributed by atoms with van der Waals surface area (Å²) in [5.41, 5.74) is 5.75. The van der Waals surface area contributed by atoms with Crippen LogP contribution in [0, 0.1) is 0 Å². The zero-order valence-corrected chi connectivity index (χ0v) is 14.5. The van der Waals surface area contributed by atoms with Crippen molar-refractivity contribution in [2.45, 2.75) is 25.5 Å². The molecule has 122 valence electrons. The van der Waals surface area contributed by atoms with Crippen LogP contribution in [-0.4, -0.2) is 29.4 Å². The minimum atomic E-state index is -0.310. The lowest BCUT2D eigenvalue weighted by Crippen LogP contribution is -2.40. The Morgan fingerprint density at radius 1 is 1.35 bits per heavy atom. The van der Waals surface area contributed by atoms with Gasteiger partial charge in [-0.15, -0.1) is 0 Å². The lowest BCUT2D eigenvalue weighted by atomic mass is 10.0. The van der Waals surface area contributed by atoms with E-state index in [4.69, 9.17) is 14.9 Å². The van der Waals surface area contributed by atoms with Gasteiger partial charge in [0.05, 0.1) is 0 Å². The molecule has 2 aromatic rings. The average molecular weight is 379 g/mol. The summed E-state index contributed by atoms with van der Waals surface area (Å²) in [6.07, 6.45) is 0.805. The molecule has 3 rings (SSSR count). The second-order valence-electron chi connectivity index (χ2n) is 6.14. The first-order valence-electron chi connectivity index (χ1n) is 7.48. The molecular formula is C17H19BrN2O3. The molecule has 2 N–H and O–H groups in total. The summed E-state index contributed by atoms with van der Waals surface area (Å²) in [5.74, 6) is 1.58. The summed E-state index contributed by atoms with van der Waals surface area (Å²) in [4.78, 5) is 14.1. The maximum Gasteiger partial charge on any atom is 0.289 e. The molecule has 1 aliphatic rings. The highest BCUT2D eigenvalue weighted by molar-refractivity contribution is 9.10. The molecule has 0 bridgehead atoms. The van der Waals surface area contributed by atoms with Gasteiger partial charge in [0, 0.05) is 23.1 Å². The Morgan fingerprint density at radius 3 is 2.74 bits per heavy atom. The predicted octanol–water partition coefficient (Wildman–Crippen LogP) is 3.18. The van der Waals surface area contributed by atoms with Gasteiger partial charge in [0.1, 0.15) is 18.1 Å². The number of ether oxygens (including phenoxy) is 1. The van der Waals surface area contributed by atoms with Crippen LogP contribution in [0.2, 0.25) is 0 Å². The molecule has 5 nitrogen and oxygen atoms in total. The van der Waals surface area contributed by atoms with E-state index in [2.05, 4.69) is 15.9 Å². The molecule has 2 heterocycles. The number of likely N-dealkylation sites (tertiary alicyclic amines) is 1. The first-order valence-corrected chi connectivity index (χ1v) is 8.27. The summed E-state index contributed by atoms with van der Waals surface area (Å²) in [5, 5.41) is 0. The van der Waals surface area contributed by atoms with Gasteiger partial charge in [0.25, 0.3) is 5.91 Å². The van der Waals surface area contributed by atoms with E-state index in [9.17, 15) is 4.79 Å². The van der Waals surface area contributed by atoms with Gasteiger partial charge in [-0.3, -0.25) is 4.79 Å². The molecule has 1 amide bonds. The van der Waals surface area contributed by atoms with Crippen molar-refractivity contribution in [2.24, 2.45) is 5.73 Å². The van der Waals surface area contributed by atoms with Gasteiger partial charge in [-0.05, 0) is 49.7 Å². The van der Waals surface area contributed by atoms with Crippen LogP contribution < -0.4 is 10.5 Å². The van der Waals surface area contributed by atoms with Crippen molar-refractivity contribution >= 4 is 21.8 Å². The minimum Gasteiger partial charge on any atom is -0.486 e. The number of amides is 1. The van der Waals surface area contributed by atoms with Crippen molar-refractivity contribution in [1.82, 2.24) is 4.90 Å². The van der Waals surface area contributed by atoms with Crippen LogP contribution >= 0.6 is 15.9 Å². The number of furan rings is 1. The molecule has 1 saturated heterocycles. The molecule has 1 fully saturated rings. The molecule has 0 unspecified atom stereocenters. The van der Waals surface area contributed by atoms with E-state index in [1.165, 1.54) is 0 Å². The average Bonchev–Trinajstić information content (AvgIpc) is 3.12. The van der Waals surface area contributed by atoms with E-state index >= 15 is 0 Å². The van der Waals surface area contributed by atoms with Gasteiger partial charge in [-0.1, -0.05) is 15.9 Å². The van der Waals surface area contributed by atoms with Crippen LogP contribution in [0.15, 0.2) is 45.3 Å². The summed E-state index contributed by atoms with van der Waals surface area (Å²) in [6.45, 7) is 3.46. The number of hydrogen-bond acceptors (Lipinski definition) is 4. The molecule has 1 aromatic heterocycles. The highest BCUT2D eigenvalue weighted by atomic mass is 79.9. The molecule has 23 heavy (non-hydrogen) atoms. The third-order valence-corrected chi connectivity index (χ3v) is 4.39. The van der Waals surface area contributed by atoms with Crippen molar-refractivity contribution in [3.05, 3.63) is 52.4 Å². The Bertz CT molecular complexity index is 694. The van der Waals surface area contributed by atoms with E-state index < -0.39 is 0 Å². The van der Waals surface area contributed by atoms with Gasteiger partial charge in [-0.25, -0.2) is 0 Å². The summed E-state index contributed by atoms with van der Waals surface area (Å²) in [6, 6.07) is 11.0. The SMILES string of the molecule is C[C@@]1(N)CCN(C(=O)c2ccc(COc3ccc(Br)cc3)o2)C1. The van der Waals surface area contributed by atoms with E-state index in [1.54, 1.807) is 17.0 Å². The predicted molar refractivity (Wildman–Crippen MR) is 90.3 cm³/mol. The third-order valence-electron chi connectivity index (χ3n) is 3.86. The lowest BCUT2D eigenvalue weighted by Gasteiger charge is -2.18. The Labute approximate surface area is 143 Å². The van der Waals surface area contributed by atoms with E-state index in [-0.39, 0.29) is 18.1 Å². The lowest BCUT2D eigenvalue weighted by molar-refractivity contribution is 0.0749. The number of benzene rings is 1. The largest absolute Gasteiger partial charge is 0.486 e.